The molecule has 1 aromatic heterocycles. The molecule has 5 nitrogen and oxygen atoms in total. The Kier molecular flexibility index (Phi) is 5.38. The molecule has 0 aromatic carbocycles. The minimum absolute atomic E-state index is 0.213. The van der Waals surface area contributed by atoms with Gasteiger partial charge in [-0.05, 0) is 45.7 Å². The largest absolute Gasteiger partial charge is 0.391 e. The van der Waals surface area contributed by atoms with E-state index >= 15 is 0 Å². The number of nitrogens with zero attached hydrogens (tertiary/aromatic N) is 4. The topological polar surface area (TPSA) is 54.2 Å². The Labute approximate surface area is 128 Å². The van der Waals surface area contributed by atoms with Crippen LogP contribution in [0.4, 0.5) is 0 Å². The summed E-state index contributed by atoms with van der Waals surface area (Å²) in [7, 11) is 0. The number of rotatable bonds is 6. The maximum absolute atomic E-state index is 10.7. The monoisotopic (exact) mass is 294 g/mol. The van der Waals surface area contributed by atoms with E-state index in [0.29, 0.717) is 12.3 Å². The lowest BCUT2D eigenvalue weighted by molar-refractivity contribution is -0.0200. The van der Waals surface area contributed by atoms with Crippen LogP contribution in [-0.2, 0) is 13.0 Å². The molecule has 1 aliphatic rings. The zero-order valence-corrected chi connectivity index (χ0v) is 13.9. The van der Waals surface area contributed by atoms with Crippen LogP contribution in [-0.4, -0.2) is 49.5 Å². The van der Waals surface area contributed by atoms with E-state index in [1.165, 1.54) is 19.3 Å². The third-order valence-corrected chi connectivity index (χ3v) is 4.60. The van der Waals surface area contributed by atoms with Crippen molar-refractivity contribution in [1.29, 1.82) is 0 Å². The van der Waals surface area contributed by atoms with Crippen molar-refractivity contribution in [1.82, 2.24) is 19.7 Å². The maximum atomic E-state index is 10.7. The summed E-state index contributed by atoms with van der Waals surface area (Å²) in [5.74, 6) is 1.42. The highest BCUT2D eigenvalue weighted by Gasteiger charge is 2.35. The molecule has 1 fully saturated rings. The lowest BCUT2D eigenvalue weighted by Crippen LogP contribution is -2.55. The van der Waals surface area contributed by atoms with Gasteiger partial charge >= 0.3 is 0 Å². The van der Waals surface area contributed by atoms with Gasteiger partial charge in [-0.2, -0.15) is 5.10 Å². The summed E-state index contributed by atoms with van der Waals surface area (Å²) in [6.07, 6.45) is 5.52. The lowest BCUT2D eigenvalue weighted by Gasteiger charge is -2.43. The Bertz CT molecular complexity index is 435. The van der Waals surface area contributed by atoms with Gasteiger partial charge in [-0.3, -0.25) is 4.90 Å². The van der Waals surface area contributed by atoms with Crippen LogP contribution >= 0.6 is 0 Å². The van der Waals surface area contributed by atoms with Crippen molar-refractivity contribution in [2.24, 2.45) is 5.92 Å². The molecule has 0 bridgehead atoms. The highest BCUT2D eigenvalue weighted by Crippen LogP contribution is 2.25. The molecule has 0 saturated carbocycles. The van der Waals surface area contributed by atoms with Crippen molar-refractivity contribution in [2.45, 2.75) is 71.6 Å². The molecular weight excluding hydrogens is 264 g/mol. The fourth-order valence-corrected chi connectivity index (χ4v) is 3.05. The van der Waals surface area contributed by atoms with Gasteiger partial charge in [-0.15, -0.1) is 0 Å². The average Bonchev–Trinajstić information content (AvgIpc) is 2.86. The van der Waals surface area contributed by atoms with Gasteiger partial charge in [-0.1, -0.05) is 20.3 Å². The zero-order valence-electron chi connectivity index (χ0n) is 13.9. The molecule has 0 spiro atoms. The van der Waals surface area contributed by atoms with Crippen molar-refractivity contribution in [3.8, 4) is 0 Å². The van der Waals surface area contributed by atoms with Gasteiger partial charge in [0.1, 0.15) is 12.2 Å². The van der Waals surface area contributed by atoms with Crippen LogP contribution < -0.4 is 0 Å². The van der Waals surface area contributed by atoms with E-state index in [0.717, 1.165) is 25.5 Å². The van der Waals surface area contributed by atoms with Gasteiger partial charge in [0, 0.05) is 18.5 Å². The summed E-state index contributed by atoms with van der Waals surface area (Å²) in [5, 5.41) is 15.0. The van der Waals surface area contributed by atoms with E-state index < -0.39 is 6.10 Å². The summed E-state index contributed by atoms with van der Waals surface area (Å²) in [6, 6.07) is 0. The third-order valence-electron chi connectivity index (χ3n) is 4.60. The molecule has 0 radical (unpaired) electrons. The smallest absolute Gasteiger partial charge is 0.138 e. The Morgan fingerprint density at radius 3 is 2.52 bits per heavy atom. The number of aliphatic hydroxyl groups is 1. The highest BCUT2D eigenvalue weighted by atomic mass is 16.3. The van der Waals surface area contributed by atoms with Gasteiger partial charge in [-0.25, -0.2) is 9.67 Å². The molecule has 2 heterocycles. The van der Waals surface area contributed by atoms with Gasteiger partial charge < -0.3 is 5.11 Å². The second kappa shape index (κ2) is 6.88. The molecular formula is C16H30N4O. The molecule has 1 aliphatic heterocycles. The summed E-state index contributed by atoms with van der Waals surface area (Å²) in [5.41, 5.74) is -0.213. The molecule has 1 saturated heterocycles. The van der Waals surface area contributed by atoms with E-state index in [2.05, 4.69) is 42.7 Å². The Morgan fingerprint density at radius 1 is 1.24 bits per heavy atom. The third kappa shape index (κ3) is 4.04. The molecule has 1 N–H and O–H groups in total. The quantitative estimate of drug-likeness (QED) is 0.873. The number of hydrogen-bond acceptors (Lipinski definition) is 4. The number of piperidine rings is 1. The second-order valence-electron chi connectivity index (χ2n) is 7.17. The molecule has 0 amide bonds. The van der Waals surface area contributed by atoms with Gasteiger partial charge in [0.25, 0.3) is 0 Å². The van der Waals surface area contributed by atoms with Crippen molar-refractivity contribution >= 4 is 0 Å². The number of hydrogen-bond donors (Lipinski definition) is 1. The molecule has 120 valence electrons. The van der Waals surface area contributed by atoms with Crippen LogP contribution in [0.2, 0.25) is 0 Å². The van der Waals surface area contributed by atoms with Crippen molar-refractivity contribution in [3.05, 3.63) is 12.2 Å². The summed E-state index contributed by atoms with van der Waals surface area (Å²) >= 11 is 0. The van der Waals surface area contributed by atoms with Gasteiger partial charge in [0.15, 0.2) is 0 Å². The predicted octanol–water partition coefficient (Wildman–Crippen LogP) is 2.10. The minimum Gasteiger partial charge on any atom is -0.391 e. The normalized spacial score (nSPS) is 19.1. The Morgan fingerprint density at radius 2 is 1.90 bits per heavy atom. The molecule has 2 rings (SSSR count). The van der Waals surface area contributed by atoms with Crippen LogP contribution in [0.3, 0.4) is 0 Å². The lowest BCUT2D eigenvalue weighted by atomic mass is 9.90. The predicted molar refractivity (Wildman–Crippen MR) is 84.1 cm³/mol. The van der Waals surface area contributed by atoms with Gasteiger partial charge in [0.05, 0.1) is 6.10 Å². The average molecular weight is 294 g/mol. The molecule has 1 atom stereocenters. The molecule has 1 unspecified atom stereocenters. The maximum Gasteiger partial charge on any atom is 0.138 e. The molecule has 21 heavy (non-hydrogen) atoms. The highest BCUT2D eigenvalue weighted by molar-refractivity contribution is 4.97. The van der Waals surface area contributed by atoms with Crippen molar-refractivity contribution in [3.63, 3.8) is 0 Å². The SMILES string of the molecule is CC(C)Cn1ncnc1CC(O)C(C)(C)N1CCCCC1. The summed E-state index contributed by atoms with van der Waals surface area (Å²) < 4.78 is 1.93. The first-order valence-electron chi connectivity index (χ1n) is 8.21. The van der Waals surface area contributed by atoms with Crippen LogP contribution in [0.1, 0.15) is 52.8 Å². The number of aromatic nitrogens is 3. The zero-order chi connectivity index (χ0) is 15.5. The first-order valence-corrected chi connectivity index (χ1v) is 8.21. The van der Waals surface area contributed by atoms with Crippen LogP contribution in [0, 0.1) is 5.92 Å². The molecule has 5 heteroatoms. The van der Waals surface area contributed by atoms with Crippen molar-refractivity contribution < 1.29 is 5.11 Å². The first kappa shape index (κ1) is 16.4. The van der Waals surface area contributed by atoms with E-state index in [-0.39, 0.29) is 5.54 Å². The standard InChI is InChI=1S/C16H30N4O/c1-13(2)11-20-15(17-12-18-20)10-14(21)16(3,4)19-8-6-5-7-9-19/h12-14,21H,5-11H2,1-4H3. The van der Waals surface area contributed by atoms with E-state index in [9.17, 15) is 5.11 Å². The fourth-order valence-electron chi connectivity index (χ4n) is 3.05. The van der Waals surface area contributed by atoms with E-state index in [4.69, 9.17) is 0 Å². The second-order valence-corrected chi connectivity index (χ2v) is 7.17. The van der Waals surface area contributed by atoms with Crippen LogP contribution in [0.5, 0.6) is 0 Å². The summed E-state index contributed by atoms with van der Waals surface area (Å²) in [4.78, 5) is 6.76. The molecule has 0 aliphatic carbocycles. The number of aliphatic hydroxyl groups excluding tert-OH is 1. The van der Waals surface area contributed by atoms with Crippen molar-refractivity contribution in [2.75, 3.05) is 13.1 Å². The van der Waals surface area contributed by atoms with Gasteiger partial charge in [0.2, 0.25) is 0 Å². The minimum atomic E-state index is -0.425. The first-order chi connectivity index (χ1) is 9.91. The fraction of sp³-hybridized carbons (Fsp3) is 0.875. The van der Waals surface area contributed by atoms with E-state index in [1.54, 1.807) is 6.33 Å². The Hall–Kier alpha value is -0.940. The Balaban J connectivity index is 2.02. The van der Waals surface area contributed by atoms with E-state index in [1.807, 2.05) is 4.68 Å². The molecule has 1 aromatic rings. The van der Waals surface area contributed by atoms with Crippen LogP contribution in [0.15, 0.2) is 6.33 Å². The number of likely N-dealkylation sites (tertiary alicyclic amines) is 1. The van der Waals surface area contributed by atoms with Crippen LogP contribution in [0.25, 0.3) is 0 Å². The summed E-state index contributed by atoms with van der Waals surface area (Å²) in [6.45, 7) is 11.6.